The fourth-order valence-corrected chi connectivity index (χ4v) is 11.1. The lowest BCUT2D eigenvalue weighted by Crippen LogP contribution is -2.37. The molecule has 5 N–H and O–H groups in total. The minimum Gasteiger partial charge on any atom is -0.476 e. The number of hydrogen-bond donors (Lipinski definition) is 4. The lowest BCUT2D eigenvalue weighted by atomic mass is 10.2. The zero-order chi connectivity index (χ0) is 62.4. The zero-order valence-corrected chi connectivity index (χ0v) is 49.4. The second-order valence-corrected chi connectivity index (χ2v) is 22.2. The van der Waals surface area contributed by atoms with Gasteiger partial charge in [-0.05, 0) is 116 Å². The number of hydrogen-bond acceptors (Lipinski definition) is 13. The summed E-state index contributed by atoms with van der Waals surface area (Å²) in [6, 6.07) is 31.6. The van der Waals surface area contributed by atoms with Crippen LogP contribution < -0.4 is 31.1 Å². The largest absolute Gasteiger partial charge is 0.476 e. The molecule has 3 aliphatic rings. The van der Waals surface area contributed by atoms with Crippen molar-refractivity contribution in [1.29, 1.82) is 0 Å². The minimum atomic E-state index is -1.13. The smallest absolute Gasteiger partial charge is 0.356 e. The molecule has 0 saturated carbocycles. The Labute approximate surface area is 521 Å². The highest BCUT2D eigenvalue weighted by molar-refractivity contribution is 6.31. The summed E-state index contributed by atoms with van der Waals surface area (Å²) in [4.78, 5) is 56.0. The number of aromatic carboxylic acids is 1. The Hall–Kier alpha value is -10.5. The molecule has 90 heavy (non-hydrogen) atoms. The van der Waals surface area contributed by atoms with Crippen LogP contribution in [-0.2, 0) is 0 Å². The lowest BCUT2D eigenvalue weighted by molar-refractivity contribution is 0.0689. The summed E-state index contributed by atoms with van der Waals surface area (Å²) in [5.74, 6) is -0.201. The third kappa shape index (κ3) is 13.5. The lowest BCUT2D eigenvalue weighted by Gasteiger charge is -2.18. The van der Waals surface area contributed by atoms with E-state index in [2.05, 4.69) is 66.0 Å². The van der Waals surface area contributed by atoms with Gasteiger partial charge in [0.1, 0.15) is 17.5 Å². The van der Waals surface area contributed by atoms with Gasteiger partial charge < -0.3 is 49.4 Å². The molecule has 9 aromatic heterocycles. The molecule has 3 saturated heterocycles. The number of rotatable bonds is 11. The molecule has 0 aliphatic carbocycles. The van der Waals surface area contributed by atoms with E-state index in [4.69, 9.17) is 34.0 Å². The van der Waals surface area contributed by atoms with E-state index in [0.717, 1.165) is 79.4 Å². The van der Waals surface area contributed by atoms with Crippen molar-refractivity contribution in [2.75, 3.05) is 54.0 Å². The van der Waals surface area contributed by atoms with E-state index >= 15 is 0 Å². The first-order valence-corrected chi connectivity index (χ1v) is 29.4. The van der Waals surface area contributed by atoms with Crippen LogP contribution in [0.2, 0.25) is 10.0 Å². The van der Waals surface area contributed by atoms with E-state index in [9.17, 15) is 27.6 Å². The highest BCUT2D eigenvalue weighted by Gasteiger charge is 2.29. The van der Waals surface area contributed by atoms with Crippen LogP contribution in [0.3, 0.4) is 0 Å². The van der Waals surface area contributed by atoms with Gasteiger partial charge in [0.25, 0.3) is 11.8 Å². The number of nitrogens with one attached hydrogen (secondary N) is 2. The third-order valence-corrected chi connectivity index (χ3v) is 15.9. The van der Waals surface area contributed by atoms with Gasteiger partial charge in [-0.25, -0.2) is 47.0 Å². The van der Waals surface area contributed by atoms with Crippen LogP contribution in [0.1, 0.15) is 50.7 Å². The fraction of sp³-hybridized carbons (Fsp3) is 0.190. The second-order valence-electron chi connectivity index (χ2n) is 21.4. The van der Waals surface area contributed by atoms with Gasteiger partial charge in [0, 0.05) is 144 Å². The highest BCUT2D eigenvalue weighted by Crippen LogP contribution is 2.27. The molecule has 0 radical (unpaired) electrons. The van der Waals surface area contributed by atoms with Crippen molar-refractivity contribution in [2.45, 2.75) is 37.4 Å². The summed E-state index contributed by atoms with van der Waals surface area (Å²) < 4.78 is 50.6. The van der Waals surface area contributed by atoms with Gasteiger partial charge in [-0.15, -0.1) is 0 Å². The van der Waals surface area contributed by atoms with E-state index in [-0.39, 0.29) is 51.1 Å². The normalized spacial score (nSPS) is 16.2. The van der Waals surface area contributed by atoms with Gasteiger partial charge in [0.05, 0.1) is 43.7 Å². The van der Waals surface area contributed by atoms with E-state index in [1.807, 2.05) is 82.5 Å². The summed E-state index contributed by atoms with van der Waals surface area (Å²) >= 11 is 11.2. The minimum absolute atomic E-state index is 0.00681. The molecule has 3 atom stereocenters. The number of fused-ring (bicyclic) bond motifs is 3. The topological polar surface area (TPSA) is 237 Å². The zero-order valence-electron chi connectivity index (χ0n) is 47.8. The molecule has 12 aromatic rings. The first-order valence-electron chi connectivity index (χ1n) is 28.6. The number of carbonyl (C=O) groups excluding carboxylic acids is 2. The molecular weight excluding hydrogens is 1200 g/mol. The Kier molecular flexibility index (Phi) is 17.6. The average Bonchev–Trinajstić information content (AvgIpc) is 4.55. The van der Waals surface area contributed by atoms with Gasteiger partial charge in [-0.3, -0.25) is 9.59 Å². The molecule has 22 nitrogen and oxygen atoms in total. The molecule has 3 aliphatic heterocycles. The Bertz CT molecular complexity index is 4540. The first kappa shape index (κ1) is 59.8. The van der Waals surface area contributed by atoms with Crippen molar-refractivity contribution in [3.63, 3.8) is 0 Å². The van der Waals surface area contributed by atoms with Crippen LogP contribution in [-0.4, -0.2) is 138 Å². The number of aromatic nitrogens is 12. The number of nitrogens with two attached hydrogens (primary N) is 1. The van der Waals surface area contributed by atoms with Gasteiger partial charge in [-0.2, -0.15) is 15.3 Å². The van der Waals surface area contributed by atoms with Crippen LogP contribution in [0.4, 0.5) is 30.6 Å². The van der Waals surface area contributed by atoms with Crippen LogP contribution in [0, 0.1) is 17.5 Å². The molecule has 12 heterocycles. The van der Waals surface area contributed by atoms with Crippen molar-refractivity contribution in [3.05, 3.63) is 234 Å². The maximum absolute atomic E-state index is 13.7. The molecule has 458 valence electrons. The van der Waals surface area contributed by atoms with Crippen molar-refractivity contribution in [2.24, 2.45) is 5.73 Å². The number of carboxylic acid groups (broad SMARTS) is 1. The summed E-state index contributed by atoms with van der Waals surface area (Å²) in [5.41, 5.74) is 11.1. The Morgan fingerprint density at radius 3 is 1.29 bits per heavy atom. The molecule has 0 unspecified atom stereocenters. The van der Waals surface area contributed by atoms with E-state index in [1.165, 1.54) is 62.7 Å². The predicted molar refractivity (Wildman–Crippen MR) is 334 cm³/mol. The number of carboxylic acids is 1. The van der Waals surface area contributed by atoms with Gasteiger partial charge >= 0.3 is 5.97 Å². The molecule has 3 fully saturated rings. The van der Waals surface area contributed by atoms with Crippen molar-refractivity contribution in [3.8, 4) is 17.1 Å². The first-order chi connectivity index (χ1) is 43.7. The number of nitrogens with zero attached hydrogens (tertiary/aromatic N) is 15. The summed E-state index contributed by atoms with van der Waals surface area (Å²) in [6.45, 7) is 4.92. The maximum atomic E-state index is 13.7. The standard InChI is InChI=1S/C21H18ClFN6O.C21H19FN6O.C11H14N4.C10H6ClFN2O2/c22-16-4-3-15(12-17(16)23)29-10-6-18(26-29)21(30)25-14-5-9-28(13-14)20-19-2-1-8-27(19)11-7-24-20;22-15-3-1-4-17(13-15)28-11-7-18(25-28)21(29)24-16-6-10-27(14-16)20-19-5-2-9-26(19)12-8-23-20;12-9-3-6-15(8-9)11-10-2-1-5-14(10)7-4-13-11;11-7-2-1-6(5-8(7)12)14-4-3-9(13-14)10(15)16/h1-4,6-8,10-12,14H,5,9,13H2,(H,25,30);1-5,7-9,11-13,16H,6,10,14H2,(H,24,29);1-2,4-5,7,9H,3,6,8,12H2;1-5H,(H,15,16)/t14-;16-;9-;/m000./s1. The van der Waals surface area contributed by atoms with Crippen LogP contribution >= 0.6 is 23.2 Å². The fourth-order valence-electron chi connectivity index (χ4n) is 10.9. The Morgan fingerprint density at radius 2 is 0.889 bits per heavy atom. The summed E-state index contributed by atoms with van der Waals surface area (Å²) in [6.07, 6.45) is 24.6. The van der Waals surface area contributed by atoms with Crippen LogP contribution in [0.15, 0.2) is 190 Å². The van der Waals surface area contributed by atoms with Crippen molar-refractivity contribution >= 4 is 75.0 Å². The van der Waals surface area contributed by atoms with E-state index in [1.54, 1.807) is 61.2 Å². The number of halogens is 5. The Balaban J connectivity index is 0.000000122. The number of amides is 2. The highest BCUT2D eigenvalue weighted by atomic mass is 35.5. The number of carbonyl (C=O) groups is 3. The van der Waals surface area contributed by atoms with E-state index in [0.29, 0.717) is 41.9 Å². The number of benzene rings is 3. The quantitative estimate of drug-likeness (QED) is 0.0945. The third-order valence-electron chi connectivity index (χ3n) is 15.3. The summed E-state index contributed by atoms with van der Waals surface area (Å²) in [5, 5.41) is 27.1. The molecule has 15 rings (SSSR count). The maximum Gasteiger partial charge on any atom is 0.356 e. The second kappa shape index (κ2) is 26.5. The van der Waals surface area contributed by atoms with Crippen molar-refractivity contribution < 1.29 is 32.7 Å². The van der Waals surface area contributed by atoms with Gasteiger partial charge in [0.15, 0.2) is 34.5 Å². The SMILES string of the molecule is N[C@H]1CCN(c2nccn3cccc23)C1.O=C(N[C@H]1CCN(c2nccn3cccc23)C1)c1ccn(-c2ccc(Cl)c(F)c2)n1.O=C(N[C@H]1CCN(c2nccn3cccc23)C1)c1ccn(-c2cccc(F)c2)n1.O=C(O)c1ccn(-c2ccc(Cl)c(F)c2)n1. The monoisotopic (exact) mass is 1260 g/mol. The molecule has 3 aromatic carbocycles. The van der Waals surface area contributed by atoms with E-state index < -0.39 is 17.6 Å². The predicted octanol–water partition coefficient (Wildman–Crippen LogP) is 9.22. The van der Waals surface area contributed by atoms with Crippen LogP contribution in [0.25, 0.3) is 33.6 Å². The molecule has 0 bridgehead atoms. The van der Waals surface area contributed by atoms with Crippen molar-refractivity contribution in [1.82, 2.24) is 68.1 Å². The molecule has 27 heteroatoms. The van der Waals surface area contributed by atoms with Gasteiger partial charge in [0.2, 0.25) is 0 Å². The molecule has 0 spiro atoms. The summed E-state index contributed by atoms with van der Waals surface area (Å²) in [7, 11) is 0. The Morgan fingerprint density at radius 1 is 0.478 bits per heavy atom. The molecular formula is C63H57Cl2F3N18O4. The number of anilines is 3. The van der Waals surface area contributed by atoms with Crippen LogP contribution in [0.5, 0.6) is 0 Å². The average molecular weight is 1260 g/mol. The molecule has 2 amide bonds. The van der Waals surface area contributed by atoms with Gasteiger partial charge in [-0.1, -0.05) is 29.3 Å².